The fourth-order valence-corrected chi connectivity index (χ4v) is 4.61. The van der Waals surface area contributed by atoms with Crippen molar-refractivity contribution in [2.24, 2.45) is 0 Å². The van der Waals surface area contributed by atoms with E-state index in [0.29, 0.717) is 22.2 Å². The number of amides is 2. The highest BCUT2D eigenvalue weighted by atomic mass is 35.5. The van der Waals surface area contributed by atoms with Crippen LogP contribution in [0.2, 0.25) is 10.0 Å². The van der Waals surface area contributed by atoms with Gasteiger partial charge in [0.15, 0.2) is 0 Å². The van der Waals surface area contributed by atoms with E-state index in [0.717, 1.165) is 36.8 Å². The van der Waals surface area contributed by atoms with E-state index in [1.807, 2.05) is 31.2 Å². The van der Waals surface area contributed by atoms with Crippen molar-refractivity contribution in [1.82, 2.24) is 10.2 Å². The van der Waals surface area contributed by atoms with Gasteiger partial charge in [-0.15, -0.1) is 0 Å². The normalized spacial score (nSPS) is 15.4. The van der Waals surface area contributed by atoms with E-state index in [4.69, 9.17) is 23.2 Å². The van der Waals surface area contributed by atoms with Crippen molar-refractivity contribution in [1.29, 1.82) is 0 Å². The van der Waals surface area contributed by atoms with Crippen LogP contribution in [0, 0.1) is 6.92 Å². The van der Waals surface area contributed by atoms with Crippen molar-refractivity contribution in [3.05, 3.63) is 69.2 Å². The maximum Gasteiger partial charge on any atom is 0.242 e. The van der Waals surface area contributed by atoms with E-state index >= 15 is 0 Å². The lowest BCUT2D eigenvalue weighted by Crippen LogP contribution is -2.50. The van der Waals surface area contributed by atoms with Gasteiger partial charge in [0.1, 0.15) is 6.04 Å². The molecule has 4 nitrogen and oxygen atoms in total. The van der Waals surface area contributed by atoms with Gasteiger partial charge in [0, 0.05) is 22.6 Å². The number of carbonyl (C=O) groups excluding carboxylic acids is 2. The molecule has 0 spiro atoms. The lowest BCUT2D eigenvalue weighted by molar-refractivity contribution is -0.140. The van der Waals surface area contributed by atoms with E-state index in [1.54, 1.807) is 30.0 Å². The number of hydrogen-bond donors (Lipinski definition) is 1. The van der Waals surface area contributed by atoms with Crippen LogP contribution in [0.5, 0.6) is 0 Å². The SMILES string of the molecule is Cc1ccccc1CN(C(=O)Cc1c(Cl)cccc1Cl)C(C)C(=O)NC1CCCCC1. The quantitative estimate of drug-likeness (QED) is 0.574. The Hall–Kier alpha value is -2.04. The van der Waals surface area contributed by atoms with Crippen LogP contribution in [0.1, 0.15) is 55.7 Å². The molecule has 1 saturated carbocycles. The van der Waals surface area contributed by atoms with Gasteiger partial charge in [-0.3, -0.25) is 9.59 Å². The maximum atomic E-state index is 13.4. The van der Waals surface area contributed by atoms with E-state index in [9.17, 15) is 9.59 Å². The molecule has 0 heterocycles. The van der Waals surface area contributed by atoms with Crippen molar-refractivity contribution < 1.29 is 9.59 Å². The zero-order valence-electron chi connectivity index (χ0n) is 18.2. The number of rotatable bonds is 7. The van der Waals surface area contributed by atoms with E-state index in [-0.39, 0.29) is 24.3 Å². The third kappa shape index (κ3) is 6.24. The molecule has 0 bridgehead atoms. The van der Waals surface area contributed by atoms with Gasteiger partial charge < -0.3 is 10.2 Å². The predicted octanol–water partition coefficient (Wildman–Crippen LogP) is 5.71. The number of halogens is 2. The molecule has 166 valence electrons. The van der Waals surface area contributed by atoms with Gasteiger partial charge in [0.25, 0.3) is 0 Å². The molecule has 6 heteroatoms. The van der Waals surface area contributed by atoms with Crippen LogP contribution in [0.25, 0.3) is 0 Å². The summed E-state index contributed by atoms with van der Waals surface area (Å²) in [5.41, 5.74) is 2.68. The van der Waals surface area contributed by atoms with Gasteiger partial charge in [-0.05, 0) is 55.5 Å². The summed E-state index contributed by atoms with van der Waals surface area (Å²) in [4.78, 5) is 28.1. The second-order valence-corrected chi connectivity index (χ2v) is 9.16. The van der Waals surface area contributed by atoms with Crippen molar-refractivity contribution in [3.63, 3.8) is 0 Å². The largest absolute Gasteiger partial charge is 0.352 e. The molecule has 1 fully saturated rings. The van der Waals surface area contributed by atoms with Crippen LogP contribution < -0.4 is 5.32 Å². The van der Waals surface area contributed by atoms with E-state index in [1.165, 1.54) is 6.42 Å². The molecule has 2 amide bonds. The van der Waals surface area contributed by atoms with E-state index < -0.39 is 6.04 Å². The first kappa shape index (κ1) is 23.6. The van der Waals surface area contributed by atoms with Crippen LogP contribution in [-0.4, -0.2) is 28.8 Å². The molecule has 1 unspecified atom stereocenters. The highest BCUT2D eigenvalue weighted by molar-refractivity contribution is 6.36. The zero-order valence-corrected chi connectivity index (χ0v) is 19.7. The number of nitrogens with zero attached hydrogens (tertiary/aromatic N) is 1. The molecular weight excluding hydrogens is 431 g/mol. The lowest BCUT2D eigenvalue weighted by Gasteiger charge is -2.31. The van der Waals surface area contributed by atoms with Crippen LogP contribution in [0.3, 0.4) is 0 Å². The molecular formula is C25H30Cl2N2O2. The topological polar surface area (TPSA) is 49.4 Å². The van der Waals surface area contributed by atoms with Crippen molar-refractivity contribution >= 4 is 35.0 Å². The zero-order chi connectivity index (χ0) is 22.4. The summed E-state index contributed by atoms with van der Waals surface area (Å²) in [6.07, 6.45) is 5.54. The van der Waals surface area contributed by atoms with Gasteiger partial charge in [-0.2, -0.15) is 0 Å². The molecule has 0 aromatic heterocycles. The third-order valence-corrected chi connectivity index (χ3v) is 6.82. The van der Waals surface area contributed by atoms with Gasteiger partial charge >= 0.3 is 0 Å². The Kier molecular flexibility index (Phi) is 8.39. The molecule has 0 saturated heterocycles. The smallest absolute Gasteiger partial charge is 0.242 e. The minimum Gasteiger partial charge on any atom is -0.352 e. The summed E-state index contributed by atoms with van der Waals surface area (Å²) in [7, 11) is 0. The standard InChI is InChI=1S/C25H30Cl2N2O2/c1-17-9-6-7-10-19(17)16-29(18(2)25(31)28-20-11-4-3-5-12-20)24(30)15-21-22(26)13-8-14-23(21)27/h6-10,13-14,18,20H,3-5,11-12,15-16H2,1-2H3,(H,28,31). The second-order valence-electron chi connectivity index (χ2n) is 8.34. The monoisotopic (exact) mass is 460 g/mol. The molecule has 1 atom stereocenters. The summed E-state index contributed by atoms with van der Waals surface area (Å²) in [6.45, 7) is 4.16. The second kappa shape index (κ2) is 11.0. The summed E-state index contributed by atoms with van der Waals surface area (Å²) in [6, 6.07) is 12.7. The molecule has 31 heavy (non-hydrogen) atoms. The Bertz CT molecular complexity index is 905. The van der Waals surface area contributed by atoms with Gasteiger partial charge in [0.2, 0.25) is 11.8 Å². The predicted molar refractivity (Wildman–Crippen MR) is 126 cm³/mol. The van der Waals surface area contributed by atoms with Crippen LogP contribution >= 0.6 is 23.2 Å². The minimum absolute atomic E-state index is 0.0471. The maximum absolute atomic E-state index is 13.4. The summed E-state index contributed by atoms with van der Waals surface area (Å²) < 4.78 is 0. The van der Waals surface area contributed by atoms with Crippen molar-refractivity contribution in [2.45, 2.75) is 71.0 Å². The first-order chi connectivity index (χ1) is 14.9. The Morgan fingerprint density at radius 2 is 1.68 bits per heavy atom. The van der Waals surface area contributed by atoms with Gasteiger partial charge in [-0.25, -0.2) is 0 Å². The van der Waals surface area contributed by atoms with Crippen molar-refractivity contribution in [2.75, 3.05) is 0 Å². The molecule has 1 aliphatic carbocycles. The van der Waals surface area contributed by atoms with E-state index in [2.05, 4.69) is 5.32 Å². The third-order valence-electron chi connectivity index (χ3n) is 6.11. The Balaban J connectivity index is 1.82. The molecule has 0 radical (unpaired) electrons. The molecule has 2 aromatic carbocycles. The number of nitrogens with one attached hydrogen (secondary N) is 1. The van der Waals surface area contributed by atoms with Crippen LogP contribution in [0.4, 0.5) is 0 Å². The summed E-state index contributed by atoms with van der Waals surface area (Å²) in [5, 5.41) is 4.07. The number of hydrogen-bond acceptors (Lipinski definition) is 2. The molecule has 1 N–H and O–H groups in total. The molecule has 2 aromatic rings. The average Bonchev–Trinajstić information content (AvgIpc) is 2.76. The summed E-state index contributed by atoms with van der Waals surface area (Å²) >= 11 is 12.6. The van der Waals surface area contributed by atoms with Crippen molar-refractivity contribution in [3.8, 4) is 0 Å². The minimum atomic E-state index is -0.602. The van der Waals surface area contributed by atoms with Crippen LogP contribution in [-0.2, 0) is 22.6 Å². The lowest BCUT2D eigenvalue weighted by atomic mass is 9.95. The van der Waals surface area contributed by atoms with Crippen LogP contribution in [0.15, 0.2) is 42.5 Å². The Labute approximate surface area is 194 Å². The first-order valence-electron chi connectivity index (χ1n) is 10.9. The Morgan fingerprint density at radius 3 is 2.32 bits per heavy atom. The number of carbonyl (C=O) groups is 2. The molecule has 0 aliphatic heterocycles. The summed E-state index contributed by atoms with van der Waals surface area (Å²) in [5.74, 6) is -0.288. The fourth-order valence-electron chi connectivity index (χ4n) is 4.08. The fraction of sp³-hybridized carbons (Fsp3) is 0.440. The molecule has 1 aliphatic rings. The van der Waals surface area contributed by atoms with Gasteiger partial charge in [0.05, 0.1) is 6.42 Å². The highest BCUT2D eigenvalue weighted by Crippen LogP contribution is 2.26. The Morgan fingerprint density at radius 1 is 1.03 bits per heavy atom. The number of aryl methyl sites for hydroxylation is 1. The molecule has 3 rings (SSSR count). The van der Waals surface area contributed by atoms with Gasteiger partial charge in [-0.1, -0.05) is 72.8 Å². The highest BCUT2D eigenvalue weighted by Gasteiger charge is 2.29. The number of benzene rings is 2. The first-order valence-corrected chi connectivity index (χ1v) is 11.7. The average molecular weight is 461 g/mol.